The zero-order valence-corrected chi connectivity index (χ0v) is 8.45. The van der Waals surface area contributed by atoms with Crippen LogP contribution in [0.1, 0.15) is 33.6 Å². The summed E-state index contributed by atoms with van der Waals surface area (Å²) in [5.41, 5.74) is -1.36. The van der Waals surface area contributed by atoms with Gasteiger partial charge in [-0.3, -0.25) is 0 Å². The Balaban J connectivity index is 2.82. The molecule has 0 saturated heterocycles. The molecule has 3 nitrogen and oxygen atoms in total. The molecule has 13 heavy (non-hydrogen) atoms. The van der Waals surface area contributed by atoms with Crippen LogP contribution in [-0.2, 0) is 0 Å². The third-order valence-corrected chi connectivity index (χ3v) is 2.97. The highest BCUT2D eigenvalue weighted by atomic mass is 16.3. The van der Waals surface area contributed by atoms with Crippen LogP contribution in [0.5, 0.6) is 0 Å². The van der Waals surface area contributed by atoms with Gasteiger partial charge in [0, 0.05) is 0 Å². The van der Waals surface area contributed by atoms with E-state index in [4.69, 9.17) is 0 Å². The fourth-order valence-electron chi connectivity index (χ4n) is 1.50. The molecule has 1 aliphatic carbocycles. The highest BCUT2D eigenvalue weighted by Crippen LogP contribution is 2.35. The van der Waals surface area contributed by atoms with Gasteiger partial charge in [-0.15, -0.1) is 4.91 Å². The van der Waals surface area contributed by atoms with Crippen LogP contribution in [0.2, 0.25) is 0 Å². The number of nitroso groups, excluding NO2 is 1. The summed E-state index contributed by atoms with van der Waals surface area (Å²) in [6, 6.07) is 0. The third kappa shape index (κ3) is 1.97. The fraction of sp³-hybridized carbons (Fsp3) is 0.800. The normalized spacial score (nSPS) is 39.5. The molecule has 1 rings (SSSR count). The van der Waals surface area contributed by atoms with Crippen LogP contribution in [0.15, 0.2) is 17.3 Å². The number of rotatable bonds is 2. The minimum absolute atomic E-state index is 0.181. The van der Waals surface area contributed by atoms with Gasteiger partial charge < -0.3 is 5.11 Å². The van der Waals surface area contributed by atoms with Gasteiger partial charge >= 0.3 is 0 Å². The van der Waals surface area contributed by atoms with Crippen LogP contribution >= 0.6 is 0 Å². The van der Waals surface area contributed by atoms with E-state index in [9.17, 15) is 10.0 Å². The summed E-state index contributed by atoms with van der Waals surface area (Å²) in [7, 11) is 0. The van der Waals surface area contributed by atoms with Crippen molar-refractivity contribution in [2.45, 2.75) is 44.8 Å². The molecule has 0 amide bonds. The Kier molecular flexibility index (Phi) is 2.57. The molecule has 1 aliphatic rings. The molecule has 0 aromatic heterocycles. The van der Waals surface area contributed by atoms with E-state index in [1.54, 1.807) is 19.1 Å². The Morgan fingerprint density at radius 1 is 1.38 bits per heavy atom. The van der Waals surface area contributed by atoms with Crippen molar-refractivity contribution in [1.29, 1.82) is 0 Å². The molecule has 0 radical (unpaired) electrons. The predicted octanol–water partition coefficient (Wildman–Crippen LogP) is 2.25. The highest BCUT2D eigenvalue weighted by Gasteiger charge is 2.37. The van der Waals surface area contributed by atoms with Crippen molar-refractivity contribution in [2.75, 3.05) is 0 Å². The number of hydrogen-bond donors (Lipinski definition) is 1. The zero-order chi connectivity index (χ0) is 10.1. The lowest BCUT2D eigenvalue weighted by Gasteiger charge is -2.35. The van der Waals surface area contributed by atoms with E-state index in [0.717, 1.165) is 0 Å². The summed E-state index contributed by atoms with van der Waals surface area (Å²) < 4.78 is 0. The van der Waals surface area contributed by atoms with Gasteiger partial charge in [-0.05, 0) is 25.7 Å². The number of nitrogens with zero attached hydrogens (tertiary/aromatic N) is 1. The second-order valence-electron chi connectivity index (χ2n) is 4.43. The molecular formula is C10H17NO2. The molecule has 3 heteroatoms. The Hall–Kier alpha value is -0.700. The first kappa shape index (κ1) is 10.4. The van der Waals surface area contributed by atoms with Crippen molar-refractivity contribution >= 4 is 0 Å². The van der Waals surface area contributed by atoms with E-state index < -0.39 is 11.1 Å². The van der Waals surface area contributed by atoms with Gasteiger partial charge in [0.2, 0.25) is 0 Å². The van der Waals surface area contributed by atoms with Crippen LogP contribution in [0.3, 0.4) is 0 Å². The van der Waals surface area contributed by atoms with Gasteiger partial charge in [-0.1, -0.05) is 31.2 Å². The average Bonchev–Trinajstić information content (AvgIpc) is 2.11. The first-order valence-corrected chi connectivity index (χ1v) is 4.69. The Morgan fingerprint density at radius 2 is 2.00 bits per heavy atom. The van der Waals surface area contributed by atoms with Crippen LogP contribution in [-0.4, -0.2) is 16.2 Å². The lowest BCUT2D eigenvalue weighted by atomic mass is 9.76. The van der Waals surface area contributed by atoms with Gasteiger partial charge in [-0.25, -0.2) is 0 Å². The fourth-order valence-corrected chi connectivity index (χ4v) is 1.50. The standard InChI is InChI=1S/C10H17NO2/c1-8(2)10(12)6-4-9(3,11-13)5-7-10/h4,6,8,12H,5,7H2,1-3H3. The number of aliphatic hydroxyl groups is 1. The van der Waals surface area contributed by atoms with Crippen LogP contribution in [0, 0.1) is 10.8 Å². The van der Waals surface area contributed by atoms with Crippen molar-refractivity contribution in [1.82, 2.24) is 0 Å². The zero-order valence-electron chi connectivity index (χ0n) is 8.45. The predicted molar refractivity (Wildman–Crippen MR) is 52.4 cm³/mol. The average molecular weight is 183 g/mol. The monoisotopic (exact) mass is 183 g/mol. The first-order chi connectivity index (χ1) is 5.92. The minimum atomic E-state index is -0.746. The van der Waals surface area contributed by atoms with Crippen molar-refractivity contribution in [3.05, 3.63) is 17.1 Å². The molecule has 0 heterocycles. The molecule has 0 fully saturated rings. The Labute approximate surface area is 78.8 Å². The molecule has 0 aromatic carbocycles. The van der Waals surface area contributed by atoms with E-state index in [1.165, 1.54) is 0 Å². The summed E-state index contributed by atoms with van der Waals surface area (Å²) in [6.45, 7) is 5.74. The van der Waals surface area contributed by atoms with Gasteiger partial charge in [0.1, 0.15) is 5.54 Å². The summed E-state index contributed by atoms with van der Waals surface area (Å²) in [6.07, 6.45) is 4.69. The van der Waals surface area contributed by atoms with Crippen molar-refractivity contribution < 1.29 is 5.11 Å². The molecule has 0 aliphatic heterocycles. The maximum Gasteiger partial charge on any atom is 0.118 e. The molecular weight excluding hydrogens is 166 g/mol. The van der Waals surface area contributed by atoms with Gasteiger partial charge in [0.25, 0.3) is 0 Å². The van der Waals surface area contributed by atoms with Crippen LogP contribution in [0.25, 0.3) is 0 Å². The molecule has 2 atom stereocenters. The lowest BCUT2D eigenvalue weighted by molar-refractivity contribution is 0.0228. The molecule has 0 bridgehead atoms. The quantitative estimate of drug-likeness (QED) is 0.527. The highest BCUT2D eigenvalue weighted by molar-refractivity contribution is 5.17. The maximum absolute atomic E-state index is 10.5. The Bertz CT molecular complexity index is 237. The third-order valence-electron chi connectivity index (χ3n) is 2.97. The second kappa shape index (κ2) is 3.22. The summed E-state index contributed by atoms with van der Waals surface area (Å²) >= 11 is 0. The largest absolute Gasteiger partial charge is 0.386 e. The van der Waals surface area contributed by atoms with E-state index >= 15 is 0 Å². The minimum Gasteiger partial charge on any atom is -0.386 e. The SMILES string of the molecule is CC(C)C1(O)C=CC(C)(N=O)CC1. The van der Waals surface area contributed by atoms with Gasteiger partial charge in [0.05, 0.1) is 5.60 Å². The van der Waals surface area contributed by atoms with Crippen molar-refractivity contribution in [2.24, 2.45) is 11.1 Å². The maximum atomic E-state index is 10.5. The lowest BCUT2D eigenvalue weighted by Crippen LogP contribution is -2.39. The van der Waals surface area contributed by atoms with E-state index in [-0.39, 0.29) is 5.92 Å². The van der Waals surface area contributed by atoms with Crippen LogP contribution < -0.4 is 0 Å². The van der Waals surface area contributed by atoms with Crippen molar-refractivity contribution in [3.8, 4) is 0 Å². The van der Waals surface area contributed by atoms with E-state index in [1.807, 2.05) is 13.8 Å². The first-order valence-electron chi connectivity index (χ1n) is 4.69. The molecule has 0 spiro atoms. The van der Waals surface area contributed by atoms with E-state index in [2.05, 4.69) is 5.18 Å². The molecule has 74 valence electrons. The van der Waals surface area contributed by atoms with E-state index in [0.29, 0.717) is 12.8 Å². The molecule has 1 N–H and O–H groups in total. The van der Waals surface area contributed by atoms with Gasteiger partial charge in [-0.2, -0.15) is 0 Å². The summed E-state index contributed by atoms with van der Waals surface area (Å²) in [5.74, 6) is 0.181. The van der Waals surface area contributed by atoms with Crippen LogP contribution in [0.4, 0.5) is 0 Å². The van der Waals surface area contributed by atoms with Crippen molar-refractivity contribution in [3.63, 3.8) is 0 Å². The molecule has 0 saturated carbocycles. The Morgan fingerprint density at radius 3 is 2.31 bits per heavy atom. The summed E-state index contributed by atoms with van der Waals surface area (Å²) in [4.78, 5) is 10.5. The van der Waals surface area contributed by atoms with Gasteiger partial charge in [0.15, 0.2) is 0 Å². The second-order valence-corrected chi connectivity index (χ2v) is 4.43. The number of hydrogen-bond acceptors (Lipinski definition) is 3. The molecule has 0 aromatic rings. The smallest absolute Gasteiger partial charge is 0.118 e. The molecule has 2 unspecified atom stereocenters. The topological polar surface area (TPSA) is 49.7 Å². The summed E-state index contributed by atoms with van der Waals surface area (Å²) in [5, 5.41) is 13.1.